The van der Waals surface area contributed by atoms with E-state index >= 15 is 0 Å². The van der Waals surface area contributed by atoms with Gasteiger partial charge in [0.2, 0.25) is 0 Å². The lowest BCUT2D eigenvalue weighted by Crippen LogP contribution is -2.29. The highest BCUT2D eigenvalue weighted by atomic mass is 19.4. The summed E-state index contributed by atoms with van der Waals surface area (Å²) in [5.41, 5.74) is 0.887. The van der Waals surface area contributed by atoms with Crippen molar-refractivity contribution in [1.29, 1.82) is 5.26 Å². The Labute approximate surface area is 114 Å². The summed E-state index contributed by atoms with van der Waals surface area (Å²) >= 11 is 0. The molecule has 4 nitrogen and oxygen atoms in total. The second kappa shape index (κ2) is 6.91. The van der Waals surface area contributed by atoms with Crippen LogP contribution in [0.25, 0.3) is 0 Å². The van der Waals surface area contributed by atoms with Crippen molar-refractivity contribution in [2.45, 2.75) is 25.6 Å². The molecule has 0 aliphatic heterocycles. The zero-order chi connectivity index (χ0) is 15.2. The number of carbonyl (C=O) groups is 1. The molecule has 0 aromatic heterocycles. The number of nitrogens with zero attached hydrogens (tertiary/aromatic N) is 1. The Morgan fingerprint density at radius 1 is 1.40 bits per heavy atom. The van der Waals surface area contributed by atoms with Crippen LogP contribution < -0.4 is 5.32 Å². The van der Waals surface area contributed by atoms with Gasteiger partial charge in [-0.2, -0.15) is 18.4 Å². The van der Waals surface area contributed by atoms with E-state index in [2.05, 4.69) is 5.32 Å². The van der Waals surface area contributed by atoms with Gasteiger partial charge in [-0.15, -0.1) is 0 Å². The Morgan fingerprint density at radius 2 is 2.00 bits per heavy atom. The van der Waals surface area contributed by atoms with E-state index in [0.717, 1.165) is 0 Å². The molecule has 108 valence electrons. The highest BCUT2D eigenvalue weighted by molar-refractivity contribution is 5.93. The molecule has 0 bridgehead atoms. The fourth-order valence-electron chi connectivity index (χ4n) is 1.30. The van der Waals surface area contributed by atoms with E-state index < -0.39 is 31.2 Å². The Hall–Kier alpha value is -2.07. The minimum absolute atomic E-state index is 0.442. The lowest BCUT2D eigenvalue weighted by atomic mass is 10.2. The quantitative estimate of drug-likeness (QED) is 0.905. The van der Waals surface area contributed by atoms with Crippen LogP contribution in [0.4, 0.5) is 18.9 Å². The van der Waals surface area contributed by atoms with Crippen molar-refractivity contribution >= 4 is 11.6 Å². The van der Waals surface area contributed by atoms with Gasteiger partial charge in [-0.25, -0.2) is 0 Å². The van der Waals surface area contributed by atoms with Gasteiger partial charge in [0.1, 0.15) is 6.10 Å². The van der Waals surface area contributed by atoms with Gasteiger partial charge in [0, 0.05) is 5.69 Å². The number of ether oxygens (including phenoxy) is 1. The van der Waals surface area contributed by atoms with Crippen LogP contribution in [0.3, 0.4) is 0 Å². The third kappa shape index (κ3) is 5.71. The van der Waals surface area contributed by atoms with Crippen molar-refractivity contribution in [3.05, 3.63) is 29.8 Å². The molecular weight excluding hydrogens is 273 g/mol. The van der Waals surface area contributed by atoms with Crippen molar-refractivity contribution in [3.63, 3.8) is 0 Å². The Morgan fingerprint density at radius 3 is 2.50 bits per heavy atom. The molecule has 1 aromatic rings. The minimum atomic E-state index is -4.30. The fourth-order valence-corrected chi connectivity index (χ4v) is 1.30. The molecule has 1 unspecified atom stereocenters. The Kier molecular flexibility index (Phi) is 5.53. The fraction of sp³-hybridized carbons (Fsp3) is 0.385. The van der Waals surface area contributed by atoms with Gasteiger partial charge in [-0.1, -0.05) is 0 Å². The number of amides is 1. The van der Waals surface area contributed by atoms with Crippen molar-refractivity contribution in [2.75, 3.05) is 11.9 Å². The summed E-state index contributed by atoms with van der Waals surface area (Å²) in [5.74, 6) is -0.545. The smallest absolute Gasteiger partial charge is 0.368 e. The van der Waals surface area contributed by atoms with Gasteiger partial charge < -0.3 is 10.1 Å². The van der Waals surface area contributed by atoms with Crippen LogP contribution in [0.15, 0.2) is 24.3 Å². The topological polar surface area (TPSA) is 62.1 Å². The predicted octanol–water partition coefficient (Wildman–Crippen LogP) is 2.85. The number of rotatable bonds is 5. The first-order valence-electron chi connectivity index (χ1n) is 5.81. The van der Waals surface area contributed by atoms with E-state index in [1.807, 2.05) is 6.07 Å². The molecule has 0 heterocycles. The van der Waals surface area contributed by atoms with E-state index in [9.17, 15) is 18.0 Å². The second-order valence-corrected chi connectivity index (χ2v) is 4.06. The average Bonchev–Trinajstić information content (AvgIpc) is 2.38. The first-order chi connectivity index (χ1) is 9.31. The minimum Gasteiger partial charge on any atom is -0.368 e. The first kappa shape index (κ1) is 16.0. The van der Waals surface area contributed by atoms with Crippen LogP contribution >= 0.6 is 0 Å². The number of carbonyl (C=O) groups excluding carboxylic acids is 1. The molecule has 0 saturated carbocycles. The van der Waals surface area contributed by atoms with Crippen LogP contribution in [-0.4, -0.2) is 24.8 Å². The molecule has 0 radical (unpaired) electrons. The van der Waals surface area contributed by atoms with Crippen LogP contribution in [0.2, 0.25) is 0 Å². The van der Waals surface area contributed by atoms with E-state index in [1.54, 1.807) is 0 Å². The molecule has 0 fully saturated rings. The Balaban J connectivity index is 2.43. The molecule has 7 heteroatoms. The number of halogens is 3. The standard InChI is InChI=1S/C13H13F3N2O2/c1-9(20-7-6-13(14,15)16)12(19)18-11-4-2-10(8-17)3-5-11/h2-5,9H,6-7H2,1H3,(H,18,19). The molecule has 1 atom stereocenters. The van der Waals surface area contributed by atoms with Crippen molar-refractivity contribution < 1.29 is 22.7 Å². The van der Waals surface area contributed by atoms with E-state index in [1.165, 1.54) is 31.2 Å². The number of alkyl halides is 3. The van der Waals surface area contributed by atoms with Crippen LogP contribution in [-0.2, 0) is 9.53 Å². The average molecular weight is 286 g/mol. The maximum atomic E-state index is 11.9. The monoisotopic (exact) mass is 286 g/mol. The zero-order valence-corrected chi connectivity index (χ0v) is 10.7. The van der Waals surface area contributed by atoms with Gasteiger partial charge in [0.05, 0.1) is 24.7 Å². The zero-order valence-electron chi connectivity index (χ0n) is 10.7. The van der Waals surface area contributed by atoms with E-state index in [4.69, 9.17) is 10.00 Å². The predicted molar refractivity (Wildman–Crippen MR) is 65.9 cm³/mol. The van der Waals surface area contributed by atoms with Crippen LogP contribution in [0.1, 0.15) is 18.9 Å². The molecule has 1 N–H and O–H groups in total. The second-order valence-electron chi connectivity index (χ2n) is 4.06. The van der Waals surface area contributed by atoms with Gasteiger partial charge in [0.15, 0.2) is 0 Å². The molecule has 20 heavy (non-hydrogen) atoms. The number of benzene rings is 1. The lowest BCUT2D eigenvalue weighted by Gasteiger charge is -2.14. The van der Waals surface area contributed by atoms with Gasteiger partial charge >= 0.3 is 6.18 Å². The summed E-state index contributed by atoms with van der Waals surface area (Å²) in [6.07, 6.45) is -6.39. The van der Waals surface area contributed by atoms with E-state index in [-0.39, 0.29) is 0 Å². The van der Waals surface area contributed by atoms with Gasteiger partial charge in [0.25, 0.3) is 5.91 Å². The van der Waals surface area contributed by atoms with Crippen molar-refractivity contribution in [3.8, 4) is 6.07 Å². The highest BCUT2D eigenvalue weighted by Crippen LogP contribution is 2.19. The molecule has 0 aliphatic rings. The maximum Gasteiger partial charge on any atom is 0.391 e. The molecule has 1 amide bonds. The van der Waals surface area contributed by atoms with Gasteiger partial charge in [-0.3, -0.25) is 4.79 Å². The third-order valence-electron chi connectivity index (χ3n) is 2.40. The summed E-state index contributed by atoms with van der Waals surface area (Å²) in [6.45, 7) is 0.806. The van der Waals surface area contributed by atoms with Crippen LogP contribution in [0, 0.1) is 11.3 Å². The lowest BCUT2D eigenvalue weighted by molar-refractivity contribution is -0.152. The first-order valence-corrected chi connectivity index (χ1v) is 5.81. The Bertz CT molecular complexity index is 492. The summed E-state index contributed by atoms with van der Waals surface area (Å²) in [5, 5.41) is 11.1. The van der Waals surface area contributed by atoms with Crippen LogP contribution in [0.5, 0.6) is 0 Å². The van der Waals surface area contributed by atoms with Crippen molar-refractivity contribution in [1.82, 2.24) is 0 Å². The maximum absolute atomic E-state index is 11.9. The molecule has 1 aromatic carbocycles. The molecular formula is C13H13F3N2O2. The van der Waals surface area contributed by atoms with Crippen molar-refractivity contribution in [2.24, 2.45) is 0 Å². The number of hydrogen-bond donors (Lipinski definition) is 1. The summed E-state index contributed by atoms with van der Waals surface area (Å²) in [7, 11) is 0. The SMILES string of the molecule is CC(OCCC(F)(F)F)C(=O)Nc1ccc(C#N)cc1. The van der Waals surface area contributed by atoms with E-state index in [0.29, 0.717) is 11.3 Å². The number of nitrogens with one attached hydrogen (secondary N) is 1. The number of nitriles is 1. The largest absolute Gasteiger partial charge is 0.391 e. The molecule has 0 aliphatic carbocycles. The molecule has 0 saturated heterocycles. The number of anilines is 1. The normalized spacial score (nSPS) is 12.6. The summed E-state index contributed by atoms with van der Waals surface area (Å²) < 4.78 is 40.6. The van der Waals surface area contributed by atoms with Gasteiger partial charge in [-0.05, 0) is 31.2 Å². The highest BCUT2D eigenvalue weighted by Gasteiger charge is 2.27. The summed E-state index contributed by atoms with van der Waals surface area (Å²) in [6, 6.07) is 8.02. The molecule has 1 rings (SSSR count). The number of hydrogen-bond acceptors (Lipinski definition) is 3. The molecule has 0 spiro atoms. The summed E-state index contributed by atoms with van der Waals surface area (Å²) in [4.78, 5) is 11.6. The third-order valence-corrected chi connectivity index (χ3v) is 2.40.